The van der Waals surface area contributed by atoms with Crippen LogP contribution in [0.25, 0.3) is 0 Å². The minimum atomic E-state index is -0.218. The van der Waals surface area contributed by atoms with Crippen LogP contribution in [0.4, 0.5) is 0 Å². The predicted octanol–water partition coefficient (Wildman–Crippen LogP) is 1.99. The van der Waals surface area contributed by atoms with Crippen molar-refractivity contribution in [3.63, 3.8) is 0 Å². The molecule has 0 unspecified atom stereocenters. The Bertz CT molecular complexity index is 337. The van der Waals surface area contributed by atoms with Gasteiger partial charge in [0.15, 0.2) is 0 Å². The van der Waals surface area contributed by atoms with Gasteiger partial charge in [0.2, 0.25) is 0 Å². The van der Waals surface area contributed by atoms with Gasteiger partial charge in [-0.05, 0) is 37.6 Å². The van der Waals surface area contributed by atoms with Gasteiger partial charge in [0.05, 0.1) is 12.1 Å². The molecule has 15 heavy (non-hydrogen) atoms. The molecule has 0 aromatic heterocycles. The van der Waals surface area contributed by atoms with E-state index >= 15 is 0 Å². The molecule has 2 atom stereocenters. The van der Waals surface area contributed by atoms with Crippen LogP contribution < -0.4 is 0 Å². The first-order valence-electron chi connectivity index (χ1n) is 5.70. The molecule has 0 heterocycles. The van der Waals surface area contributed by atoms with Crippen LogP contribution in [0.3, 0.4) is 0 Å². The first-order chi connectivity index (χ1) is 7.24. The molecule has 2 rings (SSSR count). The smallest absolute Gasteiger partial charge is 0.0740 e. The topological polar surface area (TPSA) is 23.5 Å². The Morgan fingerprint density at radius 2 is 2.13 bits per heavy atom. The second-order valence-electron chi connectivity index (χ2n) is 4.32. The molecular formula is C13H19NO. The summed E-state index contributed by atoms with van der Waals surface area (Å²) in [5.74, 6) is 0. The van der Waals surface area contributed by atoms with Crippen molar-refractivity contribution in [2.75, 3.05) is 13.6 Å². The van der Waals surface area contributed by atoms with E-state index in [1.54, 1.807) is 0 Å². The van der Waals surface area contributed by atoms with Gasteiger partial charge in [0.1, 0.15) is 0 Å². The third-order valence-electron chi connectivity index (χ3n) is 3.42. The molecule has 1 aromatic rings. The summed E-state index contributed by atoms with van der Waals surface area (Å²) < 4.78 is 0. The molecule has 82 valence electrons. The second kappa shape index (κ2) is 4.33. The van der Waals surface area contributed by atoms with Crippen molar-refractivity contribution < 1.29 is 5.11 Å². The summed E-state index contributed by atoms with van der Waals surface area (Å²) in [6.07, 6.45) is 1.67. The van der Waals surface area contributed by atoms with E-state index in [9.17, 15) is 5.11 Å². The summed E-state index contributed by atoms with van der Waals surface area (Å²) in [6, 6.07) is 8.65. The van der Waals surface area contributed by atoms with Crippen LogP contribution >= 0.6 is 0 Å². The van der Waals surface area contributed by atoms with Crippen LogP contribution in [0.1, 0.15) is 30.5 Å². The van der Waals surface area contributed by atoms with Crippen molar-refractivity contribution >= 4 is 0 Å². The predicted molar refractivity (Wildman–Crippen MR) is 61.8 cm³/mol. The Labute approximate surface area is 91.5 Å². The highest BCUT2D eigenvalue weighted by Crippen LogP contribution is 2.33. The van der Waals surface area contributed by atoms with Crippen LogP contribution in [0.5, 0.6) is 0 Å². The van der Waals surface area contributed by atoms with E-state index in [2.05, 4.69) is 43.1 Å². The first-order valence-corrected chi connectivity index (χ1v) is 5.70. The number of benzene rings is 1. The van der Waals surface area contributed by atoms with Crippen molar-refractivity contribution in [2.24, 2.45) is 0 Å². The van der Waals surface area contributed by atoms with E-state index in [1.807, 2.05) is 0 Å². The molecular weight excluding hydrogens is 186 g/mol. The number of fused-ring (bicyclic) bond motifs is 1. The molecule has 1 aliphatic rings. The summed E-state index contributed by atoms with van der Waals surface area (Å²) in [6.45, 7) is 3.10. The third-order valence-corrected chi connectivity index (χ3v) is 3.42. The zero-order chi connectivity index (χ0) is 10.8. The fourth-order valence-electron chi connectivity index (χ4n) is 2.45. The molecule has 0 saturated carbocycles. The van der Waals surface area contributed by atoms with E-state index in [0.717, 1.165) is 19.4 Å². The van der Waals surface area contributed by atoms with Gasteiger partial charge >= 0.3 is 0 Å². The molecule has 0 saturated heterocycles. The summed E-state index contributed by atoms with van der Waals surface area (Å²) in [7, 11) is 2.08. The lowest BCUT2D eigenvalue weighted by Gasteiger charge is -2.36. The summed E-state index contributed by atoms with van der Waals surface area (Å²) >= 11 is 0. The third kappa shape index (κ3) is 1.92. The van der Waals surface area contributed by atoms with Crippen molar-refractivity contribution in [3.05, 3.63) is 35.4 Å². The number of rotatable bonds is 2. The van der Waals surface area contributed by atoms with Gasteiger partial charge in [-0.2, -0.15) is 0 Å². The minimum Gasteiger partial charge on any atom is -0.391 e. The molecule has 0 radical (unpaired) electrons. The molecule has 0 fully saturated rings. The zero-order valence-electron chi connectivity index (χ0n) is 9.48. The first kappa shape index (κ1) is 10.7. The fraction of sp³-hybridized carbons (Fsp3) is 0.538. The summed E-state index contributed by atoms with van der Waals surface area (Å²) in [5, 5.41) is 10.1. The van der Waals surface area contributed by atoms with Crippen LogP contribution in [0, 0.1) is 0 Å². The van der Waals surface area contributed by atoms with Crippen LogP contribution in [0.15, 0.2) is 24.3 Å². The Kier molecular flexibility index (Phi) is 3.08. The van der Waals surface area contributed by atoms with Crippen molar-refractivity contribution in [1.29, 1.82) is 0 Å². The highest BCUT2D eigenvalue weighted by atomic mass is 16.3. The van der Waals surface area contributed by atoms with Crippen LogP contribution in [-0.2, 0) is 6.42 Å². The van der Waals surface area contributed by atoms with E-state index < -0.39 is 0 Å². The lowest BCUT2D eigenvalue weighted by molar-refractivity contribution is 0.0516. The minimum absolute atomic E-state index is 0.181. The van der Waals surface area contributed by atoms with Gasteiger partial charge in [-0.25, -0.2) is 0 Å². The number of hydrogen-bond donors (Lipinski definition) is 1. The largest absolute Gasteiger partial charge is 0.391 e. The van der Waals surface area contributed by atoms with Crippen LogP contribution in [0.2, 0.25) is 0 Å². The number of aliphatic hydroxyl groups excluding tert-OH is 1. The molecule has 1 aromatic carbocycles. The maximum absolute atomic E-state index is 10.1. The van der Waals surface area contributed by atoms with Gasteiger partial charge < -0.3 is 5.11 Å². The quantitative estimate of drug-likeness (QED) is 0.798. The standard InChI is InChI=1S/C13H19NO/c1-3-14(2)13-11-7-5-4-6-10(11)8-9-12(13)15/h4-7,12-13,15H,3,8-9H2,1-2H3/t12-,13-/m1/s1. The summed E-state index contributed by atoms with van der Waals surface area (Å²) in [4.78, 5) is 2.22. The van der Waals surface area contributed by atoms with Crippen LogP contribution in [-0.4, -0.2) is 29.7 Å². The molecule has 2 nitrogen and oxygen atoms in total. The Hall–Kier alpha value is -0.860. The SMILES string of the molecule is CCN(C)[C@@H]1c2ccccc2CC[C@H]1O. The average Bonchev–Trinajstić information content (AvgIpc) is 2.28. The summed E-state index contributed by atoms with van der Waals surface area (Å²) in [5.41, 5.74) is 2.70. The maximum atomic E-state index is 10.1. The normalized spacial score (nSPS) is 25.3. The number of aryl methyl sites for hydroxylation is 1. The lowest BCUT2D eigenvalue weighted by atomic mass is 9.85. The van der Waals surface area contributed by atoms with E-state index in [1.165, 1.54) is 11.1 Å². The van der Waals surface area contributed by atoms with Crippen molar-refractivity contribution in [3.8, 4) is 0 Å². The van der Waals surface area contributed by atoms with Gasteiger partial charge in [-0.3, -0.25) is 4.90 Å². The molecule has 2 heteroatoms. The molecule has 0 spiro atoms. The average molecular weight is 205 g/mol. The number of hydrogen-bond acceptors (Lipinski definition) is 2. The highest BCUT2D eigenvalue weighted by molar-refractivity contribution is 5.33. The Morgan fingerprint density at radius 3 is 2.87 bits per heavy atom. The van der Waals surface area contributed by atoms with E-state index in [0.29, 0.717) is 0 Å². The van der Waals surface area contributed by atoms with Crippen molar-refractivity contribution in [2.45, 2.75) is 31.9 Å². The van der Waals surface area contributed by atoms with Gasteiger partial charge in [0.25, 0.3) is 0 Å². The number of aliphatic hydroxyl groups is 1. The number of likely N-dealkylation sites (N-methyl/N-ethyl adjacent to an activating group) is 1. The van der Waals surface area contributed by atoms with Gasteiger partial charge in [-0.15, -0.1) is 0 Å². The lowest BCUT2D eigenvalue weighted by Crippen LogP contribution is -2.37. The number of nitrogens with zero attached hydrogens (tertiary/aromatic N) is 1. The molecule has 0 amide bonds. The second-order valence-corrected chi connectivity index (χ2v) is 4.32. The molecule has 0 bridgehead atoms. The van der Waals surface area contributed by atoms with Gasteiger partial charge in [0, 0.05) is 0 Å². The molecule has 0 aliphatic heterocycles. The molecule has 1 aliphatic carbocycles. The fourth-order valence-corrected chi connectivity index (χ4v) is 2.45. The highest BCUT2D eigenvalue weighted by Gasteiger charge is 2.29. The van der Waals surface area contributed by atoms with E-state index in [4.69, 9.17) is 0 Å². The molecule has 1 N–H and O–H groups in total. The Balaban J connectivity index is 2.37. The van der Waals surface area contributed by atoms with E-state index in [-0.39, 0.29) is 12.1 Å². The maximum Gasteiger partial charge on any atom is 0.0740 e. The Morgan fingerprint density at radius 1 is 1.40 bits per heavy atom. The van der Waals surface area contributed by atoms with Gasteiger partial charge in [-0.1, -0.05) is 31.2 Å². The zero-order valence-corrected chi connectivity index (χ0v) is 9.48. The monoisotopic (exact) mass is 205 g/mol. The van der Waals surface area contributed by atoms with Crippen molar-refractivity contribution in [1.82, 2.24) is 4.90 Å².